The first-order valence-corrected chi connectivity index (χ1v) is 5.91. The molecule has 0 radical (unpaired) electrons. The van der Waals surface area contributed by atoms with Crippen LogP contribution in [0.2, 0.25) is 0 Å². The second kappa shape index (κ2) is 6.81. The molecule has 0 aliphatic carbocycles. The van der Waals surface area contributed by atoms with Gasteiger partial charge in [-0.15, -0.1) is 11.3 Å². The van der Waals surface area contributed by atoms with Crippen LogP contribution in [0.1, 0.15) is 21.9 Å². The maximum Gasteiger partial charge on any atom is 0.355 e. The molecule has 1 heterocycles. The zero-order valence-corrected chi connectivity index (χ0v) is 9.92. The number of nitrogens with zero attached hydrogens (tertiary/aromatic N) is 1. The summed E-state index contributed by atoms with van der Waals surface area (Å²) in [7, 11) is 0. The fourth-order valence-corrected chi connectivity index (χ4v) is 1.72. The molecule has 0 saturated carbocycles. The van der Waals surface area contributed by atoms with Crippen molar-refractivity contribution in [1.82, 2.24) is 15.6 Å². The maximum absolute atomic E-state index is 11.2. The Morgan fingerprint density at radius 3 is 2.82 bits per heavy atom. The minimum Gasteiger partial charge on any atom is -0.476 e. The molecule has 0 aliphatic heterocycles. The monoisotopic (exact) mass is 258 g/mol. The van der Waals surface area contributed by atoms with Gasteiger partial charge in [-0.25, -0.2) is 14.6 Å². The summed E-state index contributed by atoms with van der Waals surface area (Å²) in [5.41, 5.74) is 5.27. The first-order chi connectivity index (χ1) is 8.13. The molecule has 17 heavy (non-hydrogen) atoms. The van der Waals surface area contributed by atoms with E-state index in [4.69, 9.17) is 10.8 Å². The van der Waals surface area contributed by atoms with Gasteiger partial charge in [0, 0.05) is 11.9 Å². The normalized spacial score (nSPS) is 9.94. The number of amides is 2. The molecule has 1 aromatic heterocycles. The highest BCUT2D eigenvalue weighted by molar-refractivity contribution is 7.09. The number of rotatable bonds is 6. The van der Waals surface area contributed by atoms with Crippen LogP contribution < -0.4 is 16.4 Å². The number of carbonyl (C=O) groups excluding carboxylic acids is 1. The van der Waals surface area contributed by atoms with E-state index in [1.807, 2.05) is 0 Å². The molecule has 8 heteroatoms. The highest BCUT2D eigenvalue weighted by Crippen LogP contribution is 2.08. The zero-order valence-electron chi connectivity index (χ0n) is 9.10. The van der Waals surface area contributed by atoms with Crippen molar-refractivity contribution in [3.8, 4) is 0 Å². The summed E-state index contributed by atoms with van der Waals surface area (Å²) in [6, 6.07) is -0.314. The van der Waals surface area contributed by atoms with Gasteiger partial charge in [-0.1, -0.05) is 0 Å². The predicted molar refractivity (Wildman–Crippen MR) is 63.0 cm³/mol. The van der Waals surface area contributed by atoms with Gasteiger partial charge in [0.25, 0.3) is 0 Å². The van der Waals surface area contributed by atoms with Crippen LogP contribution in [0, 0.1) is 0 Å². The number of aromatic carboxylic acids is 1. The number of nitrogens with two attached hydrogens (primary N) is 1. The van der Waals surface area contributed by atoms with Crippen LogP contribution in [-0.4, -0.2) is 35.2 Å². The summed E-state index contributed by atoms with van der Waals surface area (Å²) >= 11 is 1.19. The molecule has 2 amide bonds. The van der Waals surface area contributed by atoms with E-state index in [0.717, 1.165) is 0 Å². The number of aromatic nitrogens is 1. The lowest BCUT2D eigenvalue weighted by Crippen LogP contribution is -2.36. The largest absolute Gasteiger partial charge is 0.476 e. The van der Waals surface area contributed by atoms with Gasteiger partial charge in [0.15, 0.2) is 5.69 Å². The predicted octanol–water partition coefficient (Wildman–Crippen LogP) is -0.0107. The third kappa shape index (κ3) is 4.79. The molecule has 0 unspecified atom stereocenters. The van der Waals surface area contributed by atoms with E-state index in [-0.39, 0.29) is 18.3 Å². The smallest absolute Gasteiger partial charge is 0.355 e. The van der Waals surface area contributed by atoms with Gasteiger partial charge in [-0.2, -0.15) is 0 Å². The Hall–Kier alpha value is -1.67. The highest BCUT2D eigenvalue weighted by Gasteiger charge is 2.09. The fourth-order valence-electron chi connectivity index (χ4n) is 1.01. The zero-order chi connectivity index (χ0) is 12.7. The third-order valence-electron chi connectivity index (χ3n) is 1.84. The average molecular weight is 258 g/mol. The number of urea groups is 1. The SMILES string of the molecule is NCCCNC(=O)NCc1nc(C(=O)O)cs1. The van der Waals surface area contributed by atoms with Crippen LogP contribution in [0.3, 0.4) is 0 Å². The number of thiazole rings is 1. The number of nitrogens with one attached hydrogen (secondary N) is 2. The van der Waals surface area contributed by atoms with Gasteiger partial charge in [-0.05, 0) is 13.0 Å². The molecule has 1 rings (SSSR count). The maximum atomic E-state index is 11.2. The van der Waals surface area contributed by atoms with Crippen molar-refractivity contribution in [2.75, 3.05) is 13.1 Å². The van der Waals surface area contributed by atoms with E-state index < -0.39 is 5.97 Å². The Morgan fingerprint density at radius 1 is 1.47 bits per heavy atom. The lowest BCUT2D eigenvalue weighted by Gasteiger charge is -2.04. The van der Waals surface area contributed by atoms with Crippen molar-refractivity contribution in [1.29, 1.82) is 0 Å². The summed E-state index contributed by atoms with van der Waals surface area (Å²) in [5.74, 6) is -1.07. The quantitative estimate of drug-likeness (QED) is 0.535. The van der Waals surface area contributed by atoms with Crippen LogP contribution in [-0.2, 0) is 6.54 Å². The Morgan fingerprint density at radius 2 is 2.24 bits per heavy atom. The highest BCUT2D eigenvalue weighted by atomic mass is 32.1. The summed E-state index contributed by atoms with van der Waals surface area (Å²) in [6.45, 7) is 1.25. The topological polar surface area (TPSA) is 117 Å². The first-order valence-electron chi connectivity index (χ1n) is 5.03. The summed E-state index contributed by atoms with van der Waals surface area (Å²) in [5, 5.41) is 15.8. The van der Waals surface area contributed by atoms with Crippen LogP contribution >= 0.6 is 11.3 Å². The van der Waals surface area contributed by atoms with Gasteiger partial charge >= 0.3 is 12.0 Å². The number of carbonyl (C=O) groups is 2. The van der Waals surface area contributed by atoms with Crippen molar-refractivity contribution in [2.24, 2.45) is 5.73 Å². The van der Waals surface area contributed by atoms with Crippen LogP contribution in [0.5, 0.6) is 0 Å². The molecule has 0 bridgehead atoms. The van der Waals surface area contributed by atoms with Crippen LogP contribution in [0.15, 0.2) is 5.38 Å². The van der Waals surface area contributed by atoms with E-state index in [9.17, 15) is 9.59 Å². The van der Waals surface area contributed by atoms with E-state index in [2.05, 4.69) is 15.6 Å². The molecular weight excluding hydrogens is 244 g/mol. The lowest BCUT2D eigenvalue weighted by molar-refractivity contribution is 0.0691. The Bertz CT molecular complexity index is 393. The third-order valence-corrected chi connectivity index (χ3v) is 2.69. The molecule has 0 spiro atoms. The second-order valence-electron chi connectivity index (χ2n) is 3.18. The van der Waals surface area contributed by atoms with Crippen LogP contribution in [0.25, 0.3) is 0 Å². The minimum absolute atomic E-state index is 0.00431. The number of hydrogen-bond donors (Lipinski definition) is 4. The number of carboxylic acid groups (broad SMARTS) is 1. The van der Waals surface area contributed by atoms with Gasteiger partial charge in [0.2, 0.25) is 0 Å². The van der Waals surface area contributed by atoms with Crippen molar-refractivity contribution in [3.05, 3.63) is 16.1 Å². The van der Waals surface area contributed by atoms with Gasteiger partial charge in [0.05, 0.1) is 6.54 Å². The van der Waals surface area contributed by atoms with Gasteiger partial charge in [0.1, 0.15) is 5.01 Å². The van der Waals surface area contributed by atoms with E-state index in [1.54, 1.807) is 0 Å². The summed E-state index contributed by atoms with van der Waals surface area (Å²) < 4.78 is 0. The van der Waals surface area contributed by atoms with Crippen molar-refractivity contribution in [3.63, 3.8) is 0 Å². The summed E-state index contributed by atoms with van der Waals surface area (Å²) in [4.78, 5) is 25.6. The standard InChI is InChI=1S/C9H14N4O3S/c10-2-1-3-11-9(16)12-4-7-13-6(5-17-7)8(14)15/h5H,1-4,10H2,(H,14,15)(H2,11,12,16). The van der Waals surface area contributed by atoms with Crippen molar-refractivity contribution < 1.29 is 14.7 Å². The Kier molecular flexibility index (Phi) is 5.37. The van der Waals surface area contributed by atoms with Gasteiger partial charge in [-0.3, -0.25) is 0 Å². The first kappa shape index (κ1) is 13.4. The Labute approximate surface area is 102 Å². The molecule has 0 aliphatic rings. The van der Waals surface area contributed by atoms with E-state index in [0.29, 0.717) is 24.5 Å². The molecule has 0 atom stereocenters. The molecule has 1 aromatic rings. The molecule has 94 valence electrons. The van der Waals surface area contributed by atoms with E-state index >= 15 is 0 Å². The Balaban J connectivity index is 2.29. The fraction of sp³-hybridized carbons (Fsp3) is 0.444. The average Bonchev–Trinajstić information content (AvgIpc) is 2.75. The molecular formula is C9H14N4O3S. The molecule has 7 nitrogen and oxygen atoms in total. The van der Waals surface area contributed by atoms with Crippen molar-refractivity contribution in [2.45, 2.75) is 13.0 Å². The van der Waals surface area contributed by atoms with Gasteiger partial charge < -0.3 is 21.5 Å². The molecule has 5 N–H and O–H groups in total. The van der Waals surface area contributed by atoms with E-state index in [1.165, 1.54) is 16.7 Å². The minimum atomic E-state index is -1.07. The summed E-state index contributed by atoms with van der Waals surface area (Å²) in [6.07, 6.45) is 0.716. The molecule has 0 fully saturated rings. The van der Waals surface area contributed by atoms with Crippen molar-refractivity contribution >= 4 is 23.3 Å². The number of carboxylic acids is 1. The van der Waals surface area contributed by atoms with Crippen LogP contribution in [0.4, 0.5) is 4.79 Å². The lowest BCUT2D eigenvalue weighted by atomic mass is 10.4. The molecule has 0 aromatic carbocycles. The number of hydrogen-bond acceptors (Lipinski definition) is 5. The molecule has 0 saturated heterocycles. The second-order valence-corrected chi connectivity index (χ2v) is 4.13.